The molecular formula is C21H44N2O6Si2. The molecule has 0 bridgehead atoms. The molecule has 0 unspecified atom stereocenters. The molecule has 0 aliphatic rings. The summed E-state index contributed by atoms with van der Waals surface area (Å²) in [5.41, 5.74) is 6.61. The van der Waals surface area contributed by atoms with Crippen LogP contribution in [0.25, 0.3) is 0 Å². The van der Waals surface area contributed by atoms with Gasteiger partial charge in [-0.1, -0.05) is 18.2 Å². The van der Waals surface area contributed by atoms with Gasteiger partial charge in [-0.05, 0) is 52.3 Å². The molecule has 182 valence electrons. The average molecular weight is 477 g/mol. The van der Waals surface area contributed by atoms with E-state index in [0.717, 1.165) is 37.2 Å². The summed E-state index contributed by atoms with van der Waals surface area (Å²) in [6, 6.07) is 11.8. The lowest BCUT2D eigenvalue weighted by atomic mass is 10.3. The molecule has 0 aromatic heterocycles. The standard InChI is InChI=1S/C12H21NO3Si.C9H23NO3Si/c1-14-17(15-2,16-3)11-7-10-13-12-8-5-4-6-9-12;1-4-11-14(12-5-2,13-6-3)9-7-8-10/h4-6,8-9,13H,7,10-11H2,1-3H3;4-10H2,1-3H3. The fraction of sp³-hybridized carbons (Fsp3) is 0.714. The lowest BCUT2D eigenvalue weighted by Gasteiger charge is -2.28. The van der Waals surface area contributed by atoms with Gasteiger partial charge in [0.2, 0.25) is 0 Å². The minimum atomic E-state index is -2.40. The van der Waals surface area contributed by atoms with Gasteiger partial charge in [-0.15, -0.1) is 0 Å². The Labute approximate surface area is 191 Å². The molecule has 31 heavy (non-hydrogen) atoms. The first-order chi connectivity index (χ1) is 15.0. The number of hydrogen-bond acceptors (Lipinski definition) is 8. The molecule has 0 spiro atoms. The van der Waals surface area contributed by atoms with E-state index >= 15 is 0 Å². The van der Waals surface area contributed by atoms with Gasteiger partial charge in [0.1, 0.15) is 0 Å². The van der Waals surface area contributed by atoms with Crippen molar-refractivity contribution in [1.82, 2.24) is 0 Å². The van der Waals surface area contributed by atoms with Crippen molar-refractivity contribution in [3.05, 3.63) is 30.3 Å². The third-order valence-electron chi connectivity index (χ3n) is 4.48. The molecule has 0 heterocycles. The molecule has 8 nitrogen and oxygen atoms in total. The van der Waals surface area contributed by atoms with Crippen molar-refractivity contribution in [2.75, 3.05) is 59.6 Å². The Hall–Kier alpha value is -0.826. The Kier molecular flexibility index (Phi) is 18.2. The van der Waals surface area contributed by atoms with Gasteiger partial charge in [-0.25, -0.2) is 0 Å². The van der Waals surface area contributed by atoms with Crippen molar-refractivity contribution in [2.24, 2.45) is 5.73 Å². The predicted molar refractivity (Wildman–Crippen MR) is 130 cm³/mol. The summed E-state index contributed by atoms with van der Waals surface area (Å²) in [4.78, 5) is 0. The fourth-order valence-electron chi connectivity index (χ4n) is 2.97. The first kappa shape index (κ1) is 30.2. The zero-order valence-electron chi connectivity index (χ0n) is 20.3. The quantitative estimate of drug-likeness (QED) is 0.259. The number of nitrogens with two attached hydrogens (primary N) is 1. The summed E-state index contributed by atoms with van der Waals surface area (Å²) in [5, 5.41) is 3.35. The van der Waals surface area contributed by atoms with Crippen LogP contribution in [0.3, 0.4) is 0 Å². The van der Waals surface area contributed by atoms with Crippen LogP contribution in [0.4, 0.5) is 5.69 Å². The number of anilines is 1. The largest absolute Gasteiger partial charge is 0.500 e. The van der Waals surface area contributed by atoms with Crippen LogP contribution in [0.1, 0.15) is 33.6 Å². The monoisotopic (exact) mass is 476 g/mol. The minimum absolute atomic E-state index is 0.636. The van der Waals surface area contributed by atoms with Crippen LogP contribution < -0.4 is 11.1 Å². The predicted octanol–water partition coefficient (Wildman–Crippen LogP) is 3.75. The smallest absolute Gasteiger partial charge is 0.385 e. The molecule has 0 saturated carbocycles. The van der Waals surface area contributed by atoms with Gasteiger partial charge in [0, 0.05) is 65.5 Å². The van der Waals surface area contributed by atoms with Crippen LogP contribution in [0.5, 0.6) is 0 Å². The maximum absolute atomic E-state index is 5.65. The normalized spacial score (nSPS) is 11.7. The van der Waals surface area contributed by atoms with E-state index in [9.17, 15) is 0 Å². The SMILES string of the molecule is CCO[Si](CCCN)(OCC)OCC.CO[Si](CCCNc1ccccc1)(OC)OC. The molecule has 3 N–H and O–H groups in total. The molecule has 0 atom stereocenters. The molecule has 0 saturated heterocycles. The van der Waals surface area contributed by atoms with E-state index in [-0.39, 0.29) is 0 Å². The maximum atomic E-state index is 5.65. The van der Waals surface area contributed by atoms with Crippen LogP contribution >= 0.6 is 0 Å². The van der Waals surface area contributed by atoms with E-state index in [0.29, 0.717) is 26.4 Å². The molecule has 0 amide bonds. The van der Waals surface area contributed by atoms with Gasteiger partial charge >= 0.3 is 17.6 Å². The molecule has 10 heteroatoms. The molecule has 0 aliphatic carbocycles. The molecule has 1 aromatic carbocycles. The van der Waals surface area contributed by atoms with Gasteiger partial charge in [-0.3, -0.25) is 0 Å². The van der Waals surface area contributed by atoms with Crippen LogP contribution in [0.2, 0.25) is 12.1 Å². The van der Waals surface area contributed by atoms with Gasteiger partial charge in [-0.2, -0.15) is 0 Å². The summed E-state index contributed by atoms with van der Waals surface area (Å²) in [5.74, 6) is 0. The highest BCUT2D eigenvalue weighted by molar-refractivity contribution is 6.61. The number of para-hydroxylation sites is 1. The zero-order chi connectivity index (χ0) is 23.4. The van der Waals surface area contributed by atoms with Gasteiger partial charge in [0.25, 0.3) is 0 Å². The summed E-state index contributed by atoms with van der Waals surface area (Å²) >= 11 is 0. The molecule has 0 fully saturated rings. The van der Waals surface area contributed by atoms with E-state index in [1.807, 2.05) is 51.1 Å². The average Bonchev–Trinajstić information content (AvgIpc) is 2.80. The Bertz CT molecular complexity index is 499. The van der Waals surface area contributed by atoms with Crippen LogP contribution in [0, 0.1) is 0 Å². The second kappa shape index (κ2) is 18.7. The first-order valence-corrected chi connectivity index (χ1v) is 14.9. The Morgan fingerprint density at radius 2 is 1.23 bits per heavy atom. The lowest BCUT2D eigenvalue weighted by molar-refractivity contribution is 0.0710. The molecule has 0 radical (unpaired) electrons. The summed E-state index contributed by atoms with van der Waals surface area (Å²) in [6.07, 6.45) is 1.85. The van der Waals surface area contributed by atoms with Gasteiger partial charge in [0.15, 0.2) is 0 Å². The van der Waals surface area contributed by atoms with E-state index in [4.69, 9.17) is 32.3 Å². The lowest BCUT2D eigenvalue weighted by Crippen LogP contribution is -2.46. The summed E-state index contributed by atoms with van der Waals surface area (Å²) in [6.45, 7) is 9.33. The van der Waals surface area contributed by atoms with Crippen molar-refractivity contribution in [1.29, 1.82) is 0 Å². The highest BCUT2D eigenvalue weighted by Crippen LogP contribution is 2.17. The second-order valence-electron chi connectivity index (χ2n) is 6.57. The number of benzene rings is 1. The Morgan fingerprint density at radius 1 is 0.742 bits per heavy atom. The third-order valence-corrected chi connectivity index (χ3v) is 10.5. The number of rotatable bonds is 17. The van der Waals surface area contributed by atoms with E-state index in [2.05, 4.69) is 5.32 Å². The topological polar surface area (TPSA) is 93.4 Å². The van der Waals surface area contributed by atoms with E-state index < -0.39 is 17.6 Å². The minimum Gasteiger partial charge on any atom is -0.385 e. The second-order valence-corrected chi connectivity index (χ2v) is 12.4. The Morgan fingerprint density at radius 3 is 1.65 bits per heavy atom. The molecule has 1 rings (SSSR count). The van der Waals surface area contributed by atoms with Crippen molar-refractivity contribution < 1.29 is 26.6 Å². The third kappa shape index (κ3) is 12.7. The first-order valence-electron chi connectivity index (χ1n) is 11.1. The summed E-state index contributed by atoms with van der Waals surface area (Å²) < 4.78 is 33.0. The van der Waals surface area contributed by atoms with Gasteiger partial charge in [0.05, 0.1) is 0 Å². The fourth-order valence-corrected chi connectivity index (χ4v) is 7.33. The Balaban J connectivity index is 0.000000594. The maximum Gasteiger partial charge on any atom is 0.500 e. The van der Waals surface area contributed by atoms with E-state index in [1.54, 1.807) is 21.3 Å². The number of hydrogen-bond donors (Lipinski definition) is 2. The zero-order valence-corrected chi connectivity index (χ0v) is 22.3. The van der Waals surface area contributed by atoms with E-state index in [1.165, 1.54) is 0 Å². The van der Waals surface area contributed by atoms with Crippen molar-refractivity contribution in [3.8, 4) is 0 Å². The summed E-state index contributed by atoms with van der Waals surface area (Å²) in [7, 11) is 0.136. The van der Waals surface area contributed by atoms with Crippen molar-refractivity contribution in [3.63, 3.8) is 0 Å². The van der Waals surface area contributed by atoms with Crippen LogP contribution in [-0.4, -0.2) is 71.8 Å². The highest BCUT2D eigenvalue weighted by atomic mass is 28.4. The van der Waals surface area contributed by atoms with Gasteiger partial charge < -0.3 is 37.6 Å². The van der Waals surface area contributed by atoms with Crippen molar-refractivity contribution in [2.45, 2.75) is 45.7 Å². The van der Waals surface area contributed by atoms with Crippen LogP contribution in [0.15, 0.2) is 30.3 Å². The number of nitrogens with one attached hydrogen (secondary N) is 1. The molecule has 1 aromatic rings. The molecular weight excluding hydrogens is 432 g/mol. The van der Waals surface area contributed by atoms with Crippen molar-refractivity contribution >= 4 is 23.3 Å². The van der Waals surface area contributed by atoms with Crippen LogP contribution in [-0.2, 0) is 26.6 Å². The highest BCUT2D eigenvalue weighted by Gasteiger charge is 2.39. The molecule has 0 aliphatic heterocycles.